The van der Waals surface area contributed by atoms with Crippen LogP contribution in [0.2, 0.25) is 0 Å². The highest BCUT2D eigenvalue weighted by Crippen LogP contribution is 2.16. The lowest BCUT2D eigenvalue weighted by molar-refractivity contribution is -0.117. The van der Waals surface area contributed by atoms with Crippen LogP contribution in [0.25, 0.3) is 0 Å². The highest BCUT2D eigenvalue weighted by atomic mass is 16.5. The van der Waals surface area contributed by atoms with Gasteiger partial charge in [-0.25, -0.2) is 0 Å². The molecule has 1 aromatic carbocycles. The van der Waals surface area contributed by atoms with Gasteiger partial charge in [-0.3, -0.25) is 4.79 Å². The maximum atomic E-state index is 11.9. The van der Waals surface area contributed by atoms with Crippen LogP contribution in [0.3, 0.4) is 0 Å². The van der Waals surface area contributed by atoms with Gasteiger partial charge in [-0.2, -0.15) is 0 Å². The first-order valence-electron chi connectivity index (χ1n) is 7.07. The van der Waals surface area contributed by atoms with E-state index in [1.54, 1.807) is 0 Å². The summed E-state index contributed by atoms with van der Waals surface area (Å²) in [4.78, 5) is 14.0. The van der Waals surface area contributed by atoms with Crippen molar-refractivity contribution in [1.82, 2.24) is 10.2 Å². The first-order chi connectivity index (χ1) is 9.65. The molecule has 2 rings (SSSR count). The van der Waals surface area contributed by atoms with E-state index in [1.807, 2.05) is 38.4 Å². The molecule has 0 spiro atoms. The first-order valence-corrected chi connectivity index (χ1v) is 7.07. The molecule has 110 valence electrons. The number of carbonyl (C=O) groups excluding carboxylic acids is 1. The monoisotopic (exact) mass is 277 g/mol. The molecule has 1 aromatic rings. The molecule has 0 saturated carbocycles. The minimum Gasteiger partial charge on any atom is -0.492 e. The van der Waals surface area contributed by atoms with Crippen molar-refractivity contribution < 1.29 is 9.53 Å². The van der Waals surface area contributed by atoms with Crippen molar-refractivity contribution in [1.29, 1.82) is 0 Å². The van der Waals surface area contributed by atoms with Gasteiger partial charge < -0.3 is 20.3 Å². The molecule has 20 heavy (non-hydrogen) atoms. The van der Waals surface area contributed by atoms with E-state index in [2.05, 4.69) is 15.5 Å². The van der Waals surface area contributed by atoms with Crippen LogP contribution in [-0.2, 0) is 4.79 Å². The van der Waals surface area contributed by atoms with E-state index >= 15 is 0 Å². The van der Waals surface area contributed by atoms with Crippen molar-refractivity contribution in [2.24, 2.45) is 0 Å². The van der Waals surface area contributed by atoms with Crippen LogP contribution in [0.15, 0.2) is 24.3 Å². The van der Waals surface area contributed by atoms with Gasteiger partial charge in [0.25, 0.3) is 0 Å². The maximum Gasteiger partial charge on any atom is 0.241 e. The first kappa shape index (κ1) is 14.8. The number of hydrogen-bond acceptors (Lipinski definition) is 4. The molecular formula is C15H23N3O2. The second-order valence-corrected chi connectivity index (χ2v) is 5.31. The highest BCUT2D eigenvalue weighted by Gasteiger charge is 2.21. The number of nitrogens with one attached hydrogen (secondary N) is 2. The highest BCUT2D eigenvalue weighted by molar-refractivity contribution is 5.95. The summed E-state index contributed by atoms with van der Waals surface area (Å²) in [5.74, 6) is 0.868. The van der Waals surface area contributed by atoms with Gasteiger partial charge >= 0.3 is 0 Å². The Labute approximate surface area is 120 Å². The number of nitrogens with zero attached hydrogens (tertiary/aromatic N) is 1. The summed E-state index contributed by atoms with van der Waals surface area (Å²) in [7, 11) is 4.03. The second-order valence-electron chi connectivity index (χ2n) is 5.31. The number of benzene rings is 1. The van der Waals surface area contributed by atoms with Crippen molar-refractivity contribution in [3.8, 4) is 5.75 Å². The quantitative estimate of drug-likeness (QED) is 0.823. The van der Waals surface area contributed by atoms with E-state index in [0.29, 0.717) is 6.61 Å². The lowest BCUT2D eigenvalue weighted by Crippen LogP contribution is -2.35. The van der Waals surface area contributed by atoms with Crippen molar-refractivity contribution in [3.63, 3.8) is 0 Å². The minimum absolute atomic E-state index is 0.0452. The summed E-state index contributed by atoms with van der Waals surface area (Å²) in [6, 6.07) is 7.46. The fraction of sp³-hybridized carbons (Fsp3) is 0.533. The molecule has 1 fully saturated rings. The van der Waals surface area contributed by atoms with Gasteiger partial charge in [0.05, 0.1) is 6.04 Å². The van der Waals surface area contributed by atoms with Crippen LogP contribution in [0, 0.1) is 0 Å². The van der Waals surface area contributed by atoms with Gasteiger partial charge in [0.1, 0.15) is 12.4 Å². The molecule has 0 aliphatic carbocycles. The fourth-order valence-corrected chi connectivity index (χ4v) is 2.12. The summed E-state index contributed by atoms with van der Waals surface area (Å²) >= 11 is 0. The SMILES string of the molecule is CN(C)CCOc1ccc(NC(=O)C2CCCN2)cc1. The molecule has 0 radical (unpaired) electrons. The van der Waals surface area contributed by atoms with E-state index in [9.17, 15) is 4.79 Å². The van der Waals surface area contributed by atoms with Gasteiger partial charge in [0.15, 0.2) is 0 Å². The molecule has 2 N–H and O–H groups in total. The maximum absolute atomic E-state index is 11.9. The number of anilines is 1. The normalized spacial score (nSPS) is 18.2. The van der Waals surface area contributed by atoms with Crippen LogP contribution >= 0.6 is 0 Å². The summed E-state index contributed by atoms with van der Waals surface area (Å²) in [5, 5.41) is 6.11. The van der Waals surface area contributed by atoms with Crippen LogP contribution in [0.1, 0.15) is 12.8 Å². The topological polar surface area (TPSA) is 53.6 Å². The Bertz CT molecular complexity index is 425. The van der Waals surface area contributed by atoms with E-state index in [0.717, 1.165) is 37.4 Å². The number of ether oxygens (including phenoxy) is 1. The number of rotatable bonds is 6. The fourth-order valence-electron chi connectivity index (χ4n) is 2.12. The summed E-state index contributed by atoms with van der Waals surface area (Å²) in [6.45, 7) is 2.47. The Morgan fingerprint density at radius 3 is 2.75 bits per heavy atom. The van der Waals surface area contributed by atoms with Gasteiger partial charge in [-0.1, -0.05) is 0 Å². The van der Waals surface area contributed by atoms with Gasteiger partial charge in [0.2, 0.25) is 5.91 Å². The van der Waals surface area contributed by atoms with Gasteiger partial charge in [-0.05, 0) is 57.7 Å². The summed E-state index contributed by atoms with van der Waals surface area (Å²) in [5.41, 5.74) is 0.809. The molecule has 1 aliphatic heterocycles. The lowest BCUT2D eigenvalue weighted by atomic mass is 10.2. The Kier molecular flexibility index (Phi) is 5.38. The molecule has 1 unspecified atom stereocenters. The zero-order valence-corrected chi connectivity index (χ0v) is 12.2. The molecule has 5 heteroatoms. The Morgan fingerprint density at radius 1 is 1.40 bits per heavy atom. The lowest BCUT2D eigenvalue weighted by Gasteiger charge is -2.13. The van der Waals surface area contributed by atoms with Crippen LogP contribution in [-0.4, -0.2) is 50.6 Å². The largest absolute Gasteiger partial charge is 0.492 e. The predicted molar refractivity (Wildman–Crippen MR) is 80.1 cm³/mol. The third-order valence-corrected chi connectivity index (χ3v) is 3.31. The number of hydrogen-bond donors (Lipinski definition) is 2. The predicted octanol–water partition coefficient (Wildman–Crippen LogP) is 1.32. The number of amides is 1. The van der Waals surface area contributed by atoms with E-state index in [4.69, 9.17) is 4.74 Å². The van der Waals surface area contributed by atoms with Gasteiger partial charge in [0, 0.05) is 12.2 Å². The summed E-state index contributed by atoms with van der Waals surface area (Å²) < 4.78 is 5.61. The molecule has 1 saturated heterocycles. The van der Waals surface area contributed by atoms with Crippen molar-refractivity contribution in [2.75, 3.05) is 39.1 Å². The third-order valence-electron chi connectivity index (χ3n) is 3.31. The number of likely N-dealkylation sites (N-methyl/N-ethyl adjacent to an activating group) is 1. The average molecular weight is 277 g/mol. The van der Waals surface area contributed by atoms with Gasteiger partial charge in [-0.15, -0.1) is 0 Å². The van der Waals surface area contributed by atoms with Crippen molar-refractivity contribution in [2.45, 2.75) is 18.9 Å². The molecule has 0 bridgehead atoms. The third kappa shape index (κ3) is 4.51. The molecule has 0 aromatic heterocycles. The zero-order valence-electron chi connectivity index (χ0n) is 12.2. The van der Waals surface area contributed by atoms with Crippen LogP contribution < -0.4 is 15.4 Å². The minimum atomic E-state index is -0.0500. The molecule has 1 heterocycles. The molecule has 1 atom stereocenters. The van der Waals surface area contributed by atoms with Crippen LogP contribution in [0.5, 0.6) is 5.75 Å². The standard InChI is InChI=1S/C15H23N3O2/c1-18(2)10-11-20-13-7-5-12(6-8-13)17-15(19)14-4-3-9-16-14/h5-8,14,16H,3-4,9-11H2,1-2H3,(H,17,19). The van der Waals surface area contributed by atoms with E-state index < -0.39 is 0 Å². The summed E-state index contributed by atoms with van der Waals surface area (Å²) in [6.07, 6.45) is 1.98. The Morgan fingerprint density at radius 2 is 2.15 bits per heavy atom. The van der Waals surface area contributed by atoms with E-state index in [1.165, 1.54) is 0 Å². The average Bonchev–Trinajstić information content (AvgIpc) is 2.94. The van der Waals surface area contributed by atoms with Crippen molar-refractivity contribution >= 4 is 11.6 Å². The molecule has 1 amide bonds. The number of carbonyl (C=O) groups is 1. The second kappa shape index (κ2) is 7.26. The van der Waals surface area contributed by atoms with Crippen molar-refractivity contribution in [3.05, 3.63) is 24.3 Å². The molecule has 5 nitrogen and oxygen atoms in total. The Balaban J connectivity index is 1.80. The Hall–Kier alpha value is -1.59. The zero-order chi connectivity index (χ0) is 14.4. The van der Waals surface area contributed by atoms with E-state index in [-0.39, 0.29) is 11.9 Å². The molecular weight excluding hydrogens is 254 g/mol. The molecule has 1 aliphatic rings. The smallest absolute Gasteiger partial charge is 0.241 e. The van der Waals surface area contributed by atoms with Crippen LogP contribution in [0.4, 0.5) is 5.69 Å².